The first-order chi connectivity index (χ1) is 7.18. The summed E-state index contributed by atoms with van der Waals surface area (Å²) in [5, 5.41) is 4.40. The average molecular weight is 238 g/mol. The molecule has 1 aromatic heterocycles. The highest BCUT2D eigenvalue weighted by Gasteiger charge is 2.07. The molecule has 0 saturated heterocycles. The molecule has 2 aromatic rings. The van der Waals surface area contributed by atoms with Crippen molar-refractivity contribution in [1.29, 1.82) is 0 Å². The molecule has 3 nitrogen and oxygen atoms in total. The van der Waals surface area contributed by atoms with Gasteiger partial charge in [0, 0.05) is 0 Å². The van der Waals surface area contributed by atoms with Gasteiger partial charge in [-0.25, -0.2) is 0 Å². The van der Waals surface area contributed by atoms with E-state index in [0.717, 1.165) is 23.6 Å². The molecule has 0 spiro atoms. The summed E-state index contributed by atoms with van der Waals surface area (Å²) in [5.74, 6) is 0. The van der Waals surface area contributed by atoms with Crippen molar-refractivity contribution in [3.05, 3.63) is 47.3 Å². The molecule has 0 aliphatic carbocycles. The van der Waals surface area contributed by atoms with Crippen LogP contribution in [0.5, 0.6) is 0 Å². The molecule has 2 N–H and O–H groups in total. The first-order valence-electron chi connectivity index (χ1n) is 5.02. The maximum Gasteiger partial charge on any atom is 0.0826 e. The lowest BCUT2D eigenvalue weighted by molar-refractivity contribution is 0.659. The fourth-order valence-electron chi connectivity index (χ4n) is 1.62. The number of rotatable bonds is 2. The number of halogens is 1. The summed E-state index contributed by atoms with van der Waals surface area (Å²) in [5.41, 5.74) is 9.85. The van der Waals surface area contributed by atoms with Crippen LogP contribution in [0.4, 0.5) is 5.69 Å². The van der Waals surface area contributed by atoms with Crippen molar-refractivity contribution in [2.75, 3.05) is 5.73 Å². The van der Waals surface area contributed by atoms with Gasteiger partial charge in [-0.1, -0.05) is 30.3 Å². The van der Waals surface area contributed by atoms with Crippen molar-refractivity contribution in [2.24, 2.45) is 0 Å². The van der Waals surface area contributed by atoms with Crippen molar-refractivity contribution in [1.82, 2.24) is 9.78 Å². The molecule has 1 heterocycles. The van der Waals surface area contributed by atoms with Gasteiger partial charge < -0.3 is 5.73 Å². The molecule has 16 heavy (non-hydrogen) atoms. The van der Waals surface area contributed by atoms with Gasteiger partial charge >= 0.3 is 0 Å². The second-order valence-corrected chi connectivity index (χ2v) is 3.73. The van der Waals surface area contributed by atoms with Crippen molar-refractivity contribution in [3.8, 4) is 0 Å². The normalized spacial score (nSPS) is 9.88. The minimum absolute atomic E-state index is 0. The van der Waals surface area contributed by atoms with Crippen molar-refractivity contribution in [3.63, 3.8) is 0 Å². The first-order valence-corrected chi connectivity index (χ1v) is 5.02. The highest BCUT2D eigenvalue weighted by Crippen LogP contribution is 2.15. The van der Waals surface area contributed by atoms with Crippen molar-refractivity contribution in [2.45, 2.75) is 20.4 Å². The molecule has 0 amide bonds. The second-order valence-electron chi connectivity index (χ2n) is 3.73. The lowest BCUT2D eigenvalue weighted by Gasteiger charge is -2.04. The van der Waals surface area contributed by atoms with E-state index in [2.05, 4.69) is 17.2 Å². The largest absolute Gasteiger partial charge is 0.396 e. The molecule has 0 aliphatic heterocycles. The molecule has 0 fully saturated rings. The smallest absolute Gasteiger partial charge is 0.0826 e. The SMILES string of the molecule is Cc1nn(Cc2ccccc2)c(C)c1N.Cl. The van der Waals surface area contributed by atoms with E-state index < -0.39 is 0 Å². The van der Waals surface area contributed by atoms with Gasteiger partial charge in [0.2, 0.25) is 0 Å². The summed E-state index contributed by atoms with van der Waals surface area (Å²) in [6, 6.07) is 10.3. The quantitative estimate of drug-likeness (QED) is 0.873. The Labute approximate surface area is 102 Å². The van der Waals surface area contributed by atoms with E-state index in [-0.39, 0.29) is 12.4 Å². The van der Waals surface area contributed by atoms with Gasteiger partial charge in [0.05, 0.1) is 23.6 Å². The maximum atomic E-state index is 5.87. The van der Waals surface area contributed by atoms with Gasteiger partial charge in [0.25, 0.3) is 0 Å². The summed E-state index contributed by atoms with van der Waals surface area (Å²) in [4.78, 5) is 0. The standard InChI is InChI=1S/C12H15N3.ClH/c1-9-12(13)10(2)15(14-9)8-11-6-4-3-5-7-11;/h3-7H,8,13H2,1-2H3;1H. The zero-order chi connectivity index (χ0) is 10.8. The predicted octanol–water partition coefficient (Wildman–Crippen LogP) is 2.55. The van der Waals surface area contributed by atoms with Gasteiger partial charge in [0.1, 0.15) is 0 Å². The number of hydrogen-bond donors (Lipinski definition) is 1. The third-order valence-corrected chi connectivity index (χ3v) is 2.61. The zero-order valence-corrected chi connectivity index (χ0v) is 10.3. The molecule has 0 radical (unpaired) electrons. The van der Waals surface area contributed by atoms with E-state index in [1.54, 1.807) is 0 Å². The number of aryl methyl sites for hydroxylation is 1. The molecule has 1 aromatic carbocycles. The third kappa shape index (κ3) is 2.36. The minimum atomic E-state index is 0. The van der Waals surface area contributed by atoms with Crippen LogP contribution in [0, 0.1) is 13.8 Å². The predicted molar refractivity (Wildman–Crippen MR) is 68.9 cm³/mol. The van der Waals surface area contributed by atoms with Crippen LogP contribution in [0.15, 0.2) is 30.3 Å². The lowest BCUT2D eigenvalue weighted by atomic mass is 10.2. The van der Waals surface area contributed by atoms with Gasteiger partial charge in [-0.3, -0.25) is 4.68 Å². The van der Waals surface area contributed by atoms with Crippen LogP contribution < -0.4 is 5.73 Å². The van der Waals surface area contributed by atoms with Crippen LogP contribution in [-0.4, -0.2) is 9.78 Å². The highest BCUT2D eigenvalue weighted by molar-refractivity contribution is 5.85. The molecule has 4 heteroatoms. The summed E-state index contributed by atoms with van der Waals surface area (Å²) >= 11 is 0. The summed E-state index contributed by atoms with van der Waals surface area (Å²) in [7, 11) is 0. The van der Waals surface area contributed by atoms with E-state index in [9.17, 15) is 0 Å². The Bertz CT molecular complexity index is 463. The third-order valence-electron chi connectivity index (χ3n) is 2.61. The average Bonchev–Trinajstić information content (AvgIpc) is 2.48. The van der Waals surface area contributed by atoms with Gasteiger partial charge in [-0.05, 0) is 19.4 Å². The van der Waals surface area contributed by atoms with E-state index in [4.69, 9.17) is 5.73 Å². The Morgan fingerprint density at radius 1 is 1.19 bits per heavy atom. The molecule has 86 valence electrons. The molecule has 0 saturated carbocycles. The molecular formula is C12H16ClN3. The van der Waals surface area contributed by atoms with Gasteiger partial charge in [-0.15, -0.1) is 12.4 Å². The number of aromatic nitrogens is 2. The summed E-state index contributed by atoms with van der Waals surface area (Å²) in [6.45, 7) is 4.72. The van der Waals surface area contributed by atoms with Crippen molar-refractivity contribution < 1.29 is 0 Å². The van der Waals surface area contributed by atoms with E-state index in [1.165, 1.54) is 5.56 Å². The number of benzene rings is 1. The number of nitrogen functional groups attached to an aromatic ring is 1. The minimum Gasteiger partial charge on any atom is -0.396 e. The molecule has 0 bridgehead atoms. The lowest BCUT2D eigenvalue weighted by Crippen LogP contribution is -2.04. The number of anilines is 1. The monoisotopic (exact) mass is 237 g/mol. The molecule has 0 atom stereocenters. The summed E-state index contributed by atoms with van der Waals surface area (Å²) < 4.78 is 1.94. The number of hydrogen-bond acceptors (Lipinski definition) is 2. The summed E-state index contributed by atoms with van der Waals surface area (Å²) in [6.07, 6.45) is 0. The molecule has 2 rings (SSSR count). The second kappa shape index (κ2) is 5.03. The maximum absolute atomic E-state index is 5.87. The van der Waals surface area contributed by atoms with Gasteiger partial charge in [-0.2, -0.15) is 5.10 Å². The van der Waals surface area contributed by atoms with Gasteiger partial charge in [0.15, 0.2) is 0 Å². The van der Waals surface area contributed by atoms with Crippen LogP contribution in [0.25, 0.3) is 0 Å². The highest BCUT2D eigenvalue weighted by atomic mass is 35.5. The molecule has 0 aliphatic rings. The Morgan fingerprint density at radius 3 is 2.31 bits per heavy atom. The van der Waals surface area contributed by atoms with Crippen molar-refractivity contribution >= 4 is 18.1 Å². The fourth-order valence-corrected chi connectivity index (χ4v) is 1.62. The van der Waals surface area contributed by atoms with Crippen LogP contribution in [0.1, 0.15) is 17.0 Å². The topological polar surface area (TPSA) is 43.8 Å². The van der Waals surface area contributed by atoms with Crippen LogP contribution >= 0.6 is 12.4 Å². The first kappa shape index (κ1) is 12.6. The fraction of sp³-hybridized carbons (Fsp3) is 0.250. The van der Waals surface area contributed by atoms with Crippen LogP contribution in [0.2, 0.25) is 0 Å². The Kier molecular flexibility index (Phi) is 3.96. The molecule has 0 unspecified atom stereocenters. The zero-order valence-electron chi connectivity index (χ0n) is 9.47. The molecular weight excluding hydrogens is 222 g/mol. The Balaban J connectivity index is 0.00000128. The van der Waals surface area contributed by atoms with E-state index in [0.29, 0.717) is 0 Å². The number of nitrogens with zero attached hydrogens (tertiary/aromatic N) is 2. The Morgan fingerprint density at radius 2 is 1.81 bits per heavy atom. The van der Waals surface area contributed by atoms with Crippen LogP contribution in [-0.2, 0) is 6.54 Å². The Hall–Kier alpha value is -1.48. The van der Waals surface area contributed by atoms with Crippen LogP contribution in [0.3, 0.4) is 0 Å². The number of nitrogens with two attached hydrogens (primary N) is 1. The van der Waals surface area contributed by atoms with E-state index in [1.807, 2.05) is 36.7 Å². The van der Waals surface area contributed by atoms with E-state index >= 15 is 0 Å².